The molecule has 0 saturated heterocycles. The number of rotatable bonds is 13. The van der Waals surface area contributed by atoms with Crippen LogP contribution in [0.1, 0.15) is 38.3 Å². The van der Waals surface area contributed by atoms with Crippen LogP contribution in [0.3, 0.4) is 0 Å². The molecule has 0 aliphatic heterocycles. The number of aryl methyl sites for hydroxylation is 1. The Hall–Kier alpha value is -3.65. The molecule has 1 N–H and O–H groups in total. The van der Waals surface area contributed by atoms with E-state index >= 15 is 0 Å². The second-order valence-electron chi connectivity index (χ2n) is 10.0. The predicted octanol–water partition coefficient (Wildman–Crippen LogP) is 4.81. The summed E-state index contributed by atoms with van der Waals surface area (Å²) in [4.78, 5) is 28.8. The molecule has 0 heterocycles. The van der Waals surface area contributed by atoms with Crippen LogP contribution in [0.15, 0.2) is 89.8 Å². The monoisotopic (exact) mass is 549 g/mol. The summed E-state index contributed by atoms with van der Waals surface area (Å²) in [5, 5.41) is 2.95. The van der Waals surface area contributed by atoms with Crippen LogP contribution in [0, 0.1) is 12.8 Å². The van der Waals surface area contributed by atoms with E-state index in [-0.39, 0.29) is 23.3 Å². The standard InChI is InChI=1S/C31H39N3O4S/c1-5-29(31(36)32-22-24(2)3)33(21-20-26-12-8-6-9-13-26)30(35)23-34(27-14-10-7-11-15-27)39(37,38)28-18-16-25(4)17-19-28/h6-19,24,29H,5,20-23H2,1-4H3,(H,32,36). The van der Waals surface area contributed by atoms with Crippen molar-refractivity contribution < 1.29 is 18.0 Å². The minimum atomic E-state index is -4.06. The summed E-state index contributed by atoms with van der Waals surface area (Å²) in [5.41, 5.74) is 2.34. The Morgan fingerprint density at radius 3 is 2.03 bits per heavy atom. The van der Waals surface area contributed by atoms with Gasteiger partial charge in [0.1, 0.15) is 12.6 Å². The van der Waals surface area contributed by atoms with E-state index in [1.807, 2.05) is 58.0 Å². The lowest BCUT2D eigenvalue weighted by Gasteiger charge is -2.33. The highest BCUT2D eigenvalue weighted by molar-refractivity contribution is 7.92. The summed E-state index contributed by atoms with van der Waals surface area (Å²) in [6.07, 6.45) is 0.942. The lowest BCUT2D eigenvalue weighted by atomic mass is 10.1. The van der Waals surface area contributed by atoms with Crippen molar-refractivity contribution in [3.05, 3.63) is 96.1 Å². The normalized spacial score (nSPS) is 12.1. The van der Waals surface area contributed by atoms with Crippen LogP contribution in [0.5, 0.6) is 0 Å². The first-order valence-corrected chi connectivity index (χ1v) is 14.8. The molecule has 3 rings (SSSR count). The summed E-state index contributed by atoms with van der Waals surface area (Å²) in [6.45, 7) is 8.11. The SMILES string of the molecule is CCC(C(=O)NCC(C)C)N(CCc1ccccc1)C(=O)CN(c1ccccc1)S(=O)(=O)c1ccc(C)cc1. The maximum Gasteiger partial charge on any atom is 0.264 e. The summed E-state index contributed by atoms with van der Waals surface area (Å²) >= 11 is 0. The van der Waals surface area contributed by atoms with Gasteiger partial charge >= 0.3 is 0 Å². The van der Waals surface area contributed by atoms with Crippen molar-refractivity contribution in [3.8, 4) is 0 Å². The molecule has 0 aliphatic rings. The van der Waals surface area contributed by atoms with Gasteiger partial charge in [0.25, 0.3) is 10.0 Å². The van der Waals surface area contributed by atoms with Gasteiger partial charge in [-0.2, -0.15) is 0 Å². The topological polar surface area (TPSA) is 86.8 Å². The number of carbonyl (C=O) groups excluding carboxylic acids is 2. The predicted molar refractivity (Wildman–Crippen MR) is 156 cm³/mol. The molecular formula is C31H39N3O4S. The second-order valence-corrected chi connectivity index (χ2v) is 11.9. The van der Waals surface area contributed by atoms with E-state index in [4.69, 9.17) is 0 Å². The van der Waals surface area contributed by atoms with Gasteiger partial charge in [-0.25, -0.2) is 8.42 Å². The minimum absolute atomic E-state index is 0.0994. The molecule has 7 nitrogen and oxygen atoms in total. The van der Waals surface area contributed by atoms with Crippen LogP contribution in [-0.4, -0.2) is 50.8 Å². The summed E-state index contributed by atoms with van der Waals surface area (Å²) in [5.74, 6) is -0.412. The number of amides is 2. The highest BCUT2D eigenvalue weighted by atomic mass is 32.2. The van der Waals surface area contributed by atoms with Crippen molar-refractivity contribution >= 4 is 27.5 Å². The number of carbonyl (C=O) groups is 2. The van der Waals surface area contributed by atoms with Gasteiger partial charge < -0.3 is 10.2 Å². The number of sulfonamides is 1. The lowest BCUT2D eigenvalue weighted by molar-refractivity contribution is -0.139. The molecule has 1 unspecified atom stereocenters. The summed E-state index contributed by atoms with van der Waals surface area (Å²) in [6, 6.07) is 24.2. The molecule has 0 saturated carbocycles. The van der Waals surface area contributed by atoms with Gasteiger partial charge in [-0.15, -0.1) is 0 Å². The van der Waals surface area contributed by atoms with Crippen LogP contribution < -0.4 is 9.62 Å². The number of nitrogens with one attached hydrogen (secondary N) is 1. The van der Waals surface area contributed by atoms with Gasteiger partial charge in [0.05, 0.1) is 10.6 Å². The number of hydrogen-bond donors (Lipinski definition) is 1. The zero-order valence-electron chi connectivity index (χ0n) is 23.2. The fraction of sp³-hybridized carbons (Fsp3) is 0.355. The van der Waals surface area contributed by atoms with E-state index < -0.39 is 28.5 Å². The number of benzene rings is 3. The zero-order chi connectivity index (χ0) is 28.4. The lowest BCUT2D eigenvalue weighted by Crippen LogP contribution is -2.53. The van der Waals surface area contributed by atoms with E-state index in [2.05, 4.69) is 5.32 Å². The van der Waals surface area contributed by atoms with E-state index in [9.17, 15) is 18.0 Å². The van der Waals surface area contributed by atoms with Crippen molar-refractivity contribution in [1.29, 1.82) is 0 Å². The number of anilines is 1. The highest BCUT2D eigenvalue weighted by Crippen LogP contribution is 2.24. The molecule has 0 spiro atoms. The van der Waals surface area contributed by atoms with E-state index in [0.29, 0.717) is 25.1 Å². The number of para-hydroxylation sites is 1. The summed E-state index contributed by atoms with van der Waals surface area (Å²) in [7, 11) is -4.06. The number of nitrogens with zero attached hydrogens (tertiary/aromatic N) is 2. The van der Waals surface area contributed by atoms with Crippen molar-refractivity contribution in [3.63, 3.8) is 0 Å². The molecule has 39 heavy (non-hydrogen) atoms. The smallest absolute Gasteiger partial charge is 0.264 e. The Morgan fingerprint density at radius 2 is 1.46 bits per heavy atom. The molecule has 3 aromatic carbocycles. The maximum atomic E-state index is 14.0. The third kappa shape index (κ3) is 8.17. The molecule has 2 amide bonds. The van der Waals surface area contributed by atoms with Crippen LogP contribution in [-0.2, 0) is 26.0 Å². The first-order chi connectivity index (χ1) is 18.6. The molecule has 0 radical (unpaired) electrons. The molecule has 1 atom stereocenters. The molecule has 208 valence electrons. The molecule has 0 aliphatic carbocycles. The van der Waals surface area contributed by atoms with Gasteiger partial charge in [-0.3, -0.25) is 13.9 Å². The molecule has 3 aromatic rings. The van der Waals surface area contributed by atoms with Gasteiger partial charge in [-0.05, 0) is 55.5 Å². The van der Waals surface area contributed by atoms with Gasteiger partial charge in [-0.1, -0.05) is 87.0 Å². The molecule has 0 bridgehead atoms. The van der Waals surface area contributed by atoms with Crippen molar-refractivity contribution in [2.24, 2.45) is 5.92 Å². The van der Waals surface area contributed by atoms with Crippen LogP contribution in [0.4, 0.5) is 5.69 Å². The first-order valence-electron chi connectivity index (χ1n) is 13.4. The Kier molecular flexibility index (Phi) is 10.7. The first kappa shape index (κ1) is 29.9. The Balaban J connectivity index is 1.96. The molecule has 0 aromatic heterocycles. The van der Waals surface area contributed by atoms with Crippen molar-refractivity contribution in [1.82, 2.24) is 10.2 Å². The fourth-order valence-corrected chi connectivity index (χ4v) is 5.69. The van der Waals surface area contributed by atoms with E-state index in [0.717, 1.165) is 15.4 Å². The van der Waals surface area contributed by atoms with Gasteiger partial charge in [0, 0.05) is 13.1 Å². The largest absolute Gasteiger partial charge is 0.354 e. The second kappa shape index (κ2) is 13.9. The number of hydrogen-bond acceptors (Lipinski definition) is 4. The molecular weight excluding hydrogens is 510 g/mol. The van der Waals surface area contributed by atoms with Crippen LogP contribution in [0.25, 0.3) is 0 Å². The summed E-state index contributed by atoms with van der Waals surface area (Å²) < 4.78 is 28.7. The third-order valence-electron chi connectivity index (χ3n) is 6.49. The average molecular weight is 550 g/mol. The quantitative estimate of drug-likeness (QED) is 0.331. The molecule has 8 heteroatoms. The minimum Gasteiger partial charge on any atom is -0.354 e. The van der Waals surface area contributed by atoms with E-state index in [1.165, 1.54) is 4.90 Å². The Bertz CT molecular complexity index is 1310. The maximum absolute atomic E-state index is 14.0. The molecule has 0 fully saturated rings. The van der Waals surface area contributed by atoms with Crippen molar-refractivity contribution in [2.45, 2.75) is 51.5 Å². The van der Waals surface area contributed by atoms with Crippen LogP contribution >= 0.6 is 0 Å². The Labute approximate surface area is 232 Å². The van der Waals surface area contributed by atoms with Crippen LogP contribution in [0.2, 0.25) is 0 Å². The fourth-order valence-electron chi connectivity index (χ4n) is 4.28. The van der Waals surface area contributed by atoms with Crippen molar-refractivity contribution in [2.75, 3.05) is 23.9 Å². The van der Waals surface area contributed by atoms with Gasteiger partial charge in [0.2, 0.25) is 11.8 Å². The van der Waals surface area contributed by atoms with E-state index in [1.54, 1.807) is 54.6 Å². The Morgan fingerprint density at radius 1 is 0.872 bits per heavy atom. The average Bonchev–Trinajstić information content (AvgIpc) is 2.93. The zero-order valence-corrected chi connectivity index (χ0v) is 24.0. The third-order valence-corrected chi connectivity index (χ3v) is 8.27. The van der Waals surface area contributed by atoms with Gasteiger partial charge in [0.15, 0.2) is 0 Å². The highest BCUT2D eigenvalue weighted by Gasteiger charge is 2.33.